The molecule has 1 N–H and O–H groups in total. The molecule has 1 atom stereocenters. The lowest BCUT2D eigenvalue weighted by Gasteiger charge is -2.18. The Kier molecular flexibility index (Phi) is 3.07. The van der Waals surface area contributed by atoms with Crippen LogP contribution in [0.4, 0.5) is 10.9 Å². The van der Waals surface area contributed by atoms with E-state index in [0.717, 1.165) is 29.3 Å². The van der Waals surface area contributed by atoms with Gasteiger partial charge in [0.05, 0.1) is 11.9 Å². The van der Waals surface area contributed by atoms with E-state index in [-0.39, 0.29) is 0 Å². The maximum atomic E-state index is 5.05. The average molecular weight is 301 g/mol. The highest BCUT2D eigenvalue weighted by molar-refractivity contribution is 7.15. The third-order valence-electron chi connectivity index (χ3n) is 4.01. The molecular weight excluding hydrogens is 286 g/mol. The normalized spacial score (nSPS) is 17.9. The maximum absolute atomic E-state index is 5.05. The molecule has 0 aliphatic heterocycles. The van der Waals surface area contributed by atoms with Crippen LogP contribution in [0.3, 0.4) is 0 Å². The smallest absolute Gasteiger partial charge is 0.262 e. The Morgan fingerprint density at radius 3 is 3.29 bits per heavy atom. The van der Waals surface area contributed by atoms with Gasteiger partial charge in [-0.3, -0.25) is 0 Å². The van der Waals surface area contributed by atoms with Crippen LogP contribution in [0, 0.1) is 5.92 Å². The zero-order chi connectivity index (χ0) is 14.2. The van der Waals surface area contributed by atoms with E-state index in [1.165, 1.54) is 29.7 Å². The predicted molar refractivity (Wildman–Crippen MR) is 80.8 cm³/mol. The molecule has 7 heteroatoms. The Balaban J connectivity index is 1.63. The molecule has 1 unspecified atom stereocenters. The standard InChI is InChI=1S/C14H15N5OS/c1-2-8-3-4-10-11(5-8)21-14(18-10)19-12-9-6-17-20-13(9)16-7-15-12/h6-8H,2-5H2,1H3,(H,15,16,18,19). The van der Waals surface area contributed by atoms with Crippen LogP contribution < -0.4 is 5.32 Å². The molecule has 4 rings (SSSR count). The van der Waals surface area contributed by atoms with Gasteiger partial charge >= 0.3 is 0 Å². The quantitative estimate of drug-likeness (QED) is 0.799. The highest BCUT2D eigenvalue weighted by atomic mass is 32.1. The summed E-state index contributed by atoms with van der Waals surface area (Å²) in [6, 6.07) is 0. The molecule has 0 amide bonds. The first kappa shape index (κ1) is 12.7. The fraction of sp³-hybridized carbons (Fsp3) is 0.429. The highest BCUT2D eigenvalue weighted by Crippen LogP contribution is 2.35. The minimum atomic E-state index is 0.486. The summed E-state index contributed by atoms with van der Waals surface area (Å²) >= 11 is 1.73. The monoisotopic (exact) mass is 301 g/mol. The van der Waals surface area contributed by atoms with Crippen molar-refractivity contribution >= 4 is 33.4 Å². The van der Waals surface area contributed by atoms with Crippen LogP contribution in [0.15, 0.2) is 17.0 Å². The number of rotatable bonds is 3. The van der Waals surface area contributed by atoms with Crippen molar-refractivity contribution in [2.24, 2.45) is 5.92 Å². The highest BCUT2D eigenvalue weighted by Gasteiger charge is 2.22. The van der Waals surface area contributed by atoms with E-state index in [9.17, 15) is 0 Å². The summed E-state index contributed by atoms with van der Waals surface area (Å²) in [5.74, 6) is 1.49. The molecule has 3 aromatic heterocycles. The molecule has 3 heterocycles. The molecule has 1 aliphatic carbocycles. The topological polar surface area (TPSA) is 76.7 Å². The summed E-state index contributed by atoms with van der Waals surface area (Å²) in [4.78, 5) is 14.4. The summed E-state index contributed by atoms with van der Waals surface area (Å²) in [5, 5.41) is 8.70. The molecular formula is C14H15N5OS. The third-order valence-corrected chi connectivity index (χ3v) is 5.05. The molecule has 0 saturated carbocycles. The van der Waals surface area contributed by atoms with Crippen molar-refractivity contribution in [3.8, 4) is 0 Å². The summed E-state index contributed by atoms with van der Waals surface area (Å²) in [5.41, 5.74) is 1.72. The number of thiazole rings is 1. The predicted octanol–water partition coefficient (Wildman–Crippen LogP) is 3.33. The molecule has 0 bridgehead atoms. The van der Waals surface area contributed by atoms with Crippen molar-refractivity contribution in [3.63, 3.8) is 0 Å². The van der Waals surface area contributed by atoms with Crippen molar-refractivity contribution in [2.75, 3.05) is 5.32 Å². The van der Waals surface area contributed by atoms with Gasteiger partial charge < -0.3 is 9.84 Å². The Bertz CT molecular complexity index is 781. The van der Waals surface area contributed by atoms with Gasteiger partial charge in [0.2, 0.25) is 0 Å². The van der Waals surface area contributed by atoms with Crippen LogP contribution in [0.1, 0.15) is 30.3 Å². The molecule has 21 heavy (non-hydrogen) atoms. The Morgan fingerprint density at radius 1 is 1.43 bits per heavy atom. The van der Waals surface area contributed by atoms with E-state index in [0.29, 0.717) is 11.5 Å². The van der Waals surface area contributed by atoms with Crippen molar-refractivity contribution in [1.29, 1.82) is 0 Å². The maximum Gasteiger partial charge on any atom is 0.262 e. The fourth-order valence-electron chi connectivity index (χ4n) is 2.74. The molecule has 0 spiro atoms. The van der Waals surface area contributed by atoms with Gasteiger partial charge in [0.25, 0.3) is 5.71 Å². The summed E-state index contributed by atoms with van der Waals surface area (Å²) in [6.45, 7) is 2.26. The zero-order valence-electron chi connectivity index (χ0n) is 11.7. The van der Waals surface area contributed by atoms with Crippen LogP contribution in [-0.4, -0.2) is 20.1 Å². The van der Waals surface area contributed by atoms with Gasteiger partial charge in [0.15, 0.2) is 5.13 Å². The first-order chi connectivity index (χ1) is 10.3. The first-order valence-corrected chi connectivity index (χ1v) is 7.96. The third kappa shape index (κ3) is 2.27. The molecule has 6 nitrogen and oxygen atoms in total. The lowest BCUT2D eigenvalue weighted by atomic mass is 9.89. The number of hydrogen-bond acceptors (Lipinski definition) is 7. The van der Waals surface area contributed by atoms with Crippen LogP contribution in [0.2, 0.25) is 0 Å². The molecule has 0 radical (unpaired) electrons. The van der Waals surface area contributed by atoms with Crippen molar-refractivity contribution in [1.82, 2.24) is 20.1 Å². The van der Waals surface area contributed by atoms with Crippen LogP contribution in [0.5, 0.6) is 0 Å². The number of fused-ring (bicyclic) bond motifs is 2. The van der Waals surface area contributed by atoms with Gasteiger partial charge in [-0.15, -0.1) is 11.3 Å². The lowest BCUT2D eigenvalue weighted by molar-refractivity contribution is 0.446. The van der Waals surface area contributed by atoms with Gasteiger partial charge in [-0.05, 0) is 25.2 Å². The minimum absolute atomic E-state index is 0.486. The van der Waals surface area contributed by atoms with Crippen LogP contribution >= 0.6 is 11.3 Å². The molecule has 3 aromatic rings. The second-order valence-corrected chi connectivity index (χ2v) is 6.38. The van der Waals surface area contributed by atoms with Gasteiger partial charge in [0.1, 0.15) is 17.5 Å². The number of aryl methyl sites for hydroxylation is 1. The molecule has 1 aliphatic rings. The van der Waals surface area contributed by atoms with E-state index >= 15 is 0 Å². The molecule has 0 aromatic carbocycles. The number of anilines is 2. The SMILES string of the molecule is CCC1CCc2nc(Nc3ncnc4oncc34)sc2C1. The van der Waals surface area contributed by atoms with Crippen LogP contribution in [-0.2, 0) is 12.8 Å². The largest absolute Gasteiger partial charge is 0.336 e. The van der Waals surface area contributed by atoms with E-state index in [1.54, 1.807) is 17.5 Å². The van der Waals surface area contributed by atoms with Gasteiger partial charge in [-0.1, -0.05) is 18.5 Å². The van der Waals surface area contributed by atoms with E-state index < -0.39 is 0 Å². The fourth-order valence-corrected chi connectivity index (χ4v) is 3.87. The second kappa shape index (κ2) is 5.07. The molecule has 0 fully saturated rings. The van der Waals surface area contributed by atoms with Crippen molar-refractivity contribution in [3.05, 3.63) is 23.1 Å². The van der Waals surface area contributed by atoms with Gasteiger partial charge in [0, 0.05) is 4.88 Å². The number of nitrogens with one attached hydrogen (secondary N) is 1. The van der Waals surface area contributed by atoms with E-state index in [2.05, 4.69) is 27.4 Å². The van der Waals surface area contributed by atoms with Gasteiger partial charge in [-0.2, -0.15) is 4.98 Å². The van der Waals surface area contributed by atoms with Gasteiger partial charge in [-0.25, -0.2) is 9.97 Å². The Morgan fingerprint density at radius 2 is 2.38 bits per heavy atom. The second-order valence-electron chi connectivity index (χ2n) is 5.30. The number of nitrogens with zero attached hydrogens (tertiary/aromatic N) is 4. The number of hydrogen-bond donors (Lipinski definition) is 1. The number of aromatic nitrogens is 4. The first-order valence-electron chi connectivity index (χ1n) is 7.14. The van der Waals surface area contributed by atoms with Crippen molar-refractivity contribution in [2.45, 2.75) is 32.6 Å². The van der Waals surface area contributed by atoms with Crippen molar-refractivity contribution < 1.29 is 4.52 Å². The average Bonchev–Trinajstić information content (AvgIpc) is 3.12. The summed E-state index contributed by atoms with van der Waals surface area (Å²) in [7, 11) is 0. The molecule has 108 valence electrons. The lowest BCUT2D eigenvalue weighted by Crippen LogP contribution is -2.11. The van der Waals surface area contributed by atoms with E-state index in [1.807, 2.05) is 0 Å². The summed E-state index contributed by atoms with van der Waals surface area (Å²) < 4.78 is 5.05. The Labute approximate surface area is 125 Å². The zero-order valence-corrected chi connectivity index (χ0v) is 12.5. The minimum Gasteiger partial charge on any atom is -0.336 e. The molecule has 0 saturated heterocycles. The summed E-state index contributed by atoms with van der Waals surface area (Å²) in [6.07, 6.45) is 7.81. The Hall–Kier alpha value is -2.02. The van der Waals surface area contributed by atoms with E-state index in [4.69, 9.17) is 9.51 Å². The van der Waals surface area contributed by atoms with Crippen LogP contribution in [0.25, 0.3) is 11.1 Å².